The fraction of sp³-hybridized carbons (Fsp3) is 0.467. The minimum atomic E-state index is 0.0486. The van der Waals surface area contributed by atoms with Gasteiger partial charge in [0.15, 0.2) is 0 Å². The highest BCUT2D eigenvalue weighted by molar-refractivity contribution is 7.09. The van der Waals surface area contributed by atoms with Crippen LogP contribution in [0.25, 0.3) is 0 Å². The molecule has 0 saturated carbocycles. The fourth-order valence-electron chi connectivity index (χ4n) is 2.76. The quantitative estimate of drug-likeness (QED) is 0.866. The number of rotatable bonds is 3. The van der Waals surface area contributed by atoms with Crippen LogP contribution in [0.5, 0.6) is 0 Å². The average Bonchev–Trinajstić information content (AvgIpc) is 3.01. The van der Waals surface area contributed by atoms with E-state index in [0.717, 1.165) is 36.8 Å². The molecule has 0 aliphatic carbocycles. The Morgan fingerprint density at radius 1 is 1.41 bits per heavy atom. The van der Waals surface area contributed by atoms with Crippen molar-refractivity contribution in [3.05, 3.63) is 34.7 Å². The summed E-state index contributed by atoms with van der Waals surface area (Å²) in [7, 11) is 2.05. The molecule has 1 aliphatic heterocycles. The molecular weight excluding hydrogens is 298 g/mol. The summed E-state index contributed by atoms with van der Waals surface area (Å²) in [5.41, 5.74) is 0.574. The van der Waals surface area contributed by atoms with Gasteiger partial charge >= 0.3 is 0 Å². The Hall–Kier alpha value is -2.02. The van der Waals surface area contributed by atoms with Gasteiger partial charge in [0.25, 0.3) is 5.91 Å². The Labute approximate surface area is 133 Å². The van der Waals surface area contributed by atoms with Gasteiger partial charge in [0, 0.05) is 37.8 Å². The molecule has 2 aromatic rings. The maximum absolute atomic E-state index is 12.4. The van der Waals surface area contributed by atoms with Crippen molar-refractivity contribution in [2.45, 2.75) is 25.8 Å². The third-order valence-corrected chi connectivity index (χ3v) is 4.84. The molecule has 6 nitrogen and oxygen atoms in total. The molecule has 22 heavy (non-hydrogen) atoms. The minimum Gasteiger partial charge on any atom is -0.356 e. The second-order valence-corrected chi connectivity index (χ2v) is 6.52. The molecule has 1 aliphatic rings. The maximum atomic E-state index is 12.4. The molecule has 0 unspecified atom stereocenters. The SMILES string of the molecule is Cc1nc(C(=O)N2CCC(N(C)c3ccncn3)CC2)cs1. The molecule has 0 spiro atoms. The lowest BCUT2D eigenvalue weighted by atomic mass is 10.0. The Morgan fingerprint density at radius 2 is 2.18 bits per heavy atom. The molecule has 7 heteroatoms. The molecule has 0 bridgehead atoms. The molecule has 116 valence electrons. The summed E-state index contributed by atoms with van der Waals surface area (Å²) >= 11 is 1.52. The lowest BCUT2D eigenvalue weighted by molar-refractivity contribution is 0.0708. The van der Waals surface area contributed by atoms with Crippen LogP contribution in [0, 0.1) is 6.92 Å². The summed E-state index contributed by atoms with van der Waals surface area (Å²) in [6, 6.07) is 2.31. The first-order valence-electron chi connectivity index (χ1n) is 7.35. The van der Waals surface area contributed by atoms with Gasteiger partial charge in [-0.1, -0.05) is 0 Å². The summed E-state index contributed by atoms with van der Waals surface area (Å²) in [6.07, 6.45) is 5.20. The lowest BCUT2D eigenvalue weighted by Crippen LogP contribution is -2.46. The van der Waals surface area contributed by atoms with E-state index in [4.69, 9.17) is 0 Å². The summed E-state index contributed by atoms with van der Waals surface area (Å²) < 4.78 is 0. The zero-order valence-electron chi connectivity index (χ0n) is 12.8. The Kier molecular flexibility index (Phi) is 4.33. The lowest BCUT2D eigenvalue weighted by Gasteiger charge is -2.37. The highest BCUT2D eigenvalue weighted by Gasteiger charge is 2.27. The number of hydrogen-bond donors (Lipinski definition) is 0. The van der Waals surface area contributed by atoms with Gasteiger partial charge in [-0.25, -0.2) is 15.0 Å². The van der Waals surface area contributed by atoms with Crippen molar-refractivity contribution < 1.29 is 4.79 Å². The van der Waals surface area contributed by atoms with E-state index in [9.17, 15) is 4.79 Å². The van der Waals surface area contributed by atoms with Gasteiger partial charge in [0.1, 0.15) is 17.8 Å². The molecule has 0 atom stereocenters. The van der Waals surface area contributed by atoms with E-state index < -0.39 is 0 Å². The summed E-state index contributed by atoms with van der Waals surface area (Å²) in [5.74, 6) is 0.974. The van der Waals surface area contributed by atoms with Crippen molar-refractivity contribution in [3.63, 3.8) is 0 Å². The molecule has 2 aromatic heterocycles. The van der Waals surface area contributed by atoms with Gasteiger partial charge < -0.3 is 9.80 Å². The van der Waals surface area contributed by atoms with Crippen molar-refractivity contribution in [1.82, 2.24) is 19.9 Å². The molecule has 0 radical (unpaired) electrons. The zero-order valence-corrected chi connectivity index (χ0v) is 13.6. The third kappa shape index (κ3) is 3.09. The third-order valence-electron chi connectivity index (χ3n) is 4.07. The smallest absolute Gasteiger partial charge is 0.273 e. The van der Waals surface area contributed by atoms with E-state index in [1.807, 2.05) is 30.3 Å². The summed E-state index contributed by atoms with van der Waals surface area (Å²) in [5, 5.41) is 2.78. The van der Waals surface area contributed by atoms with Gasteiger partial charge in [0.05, 0.1) is 5.01 Å². The van der Waals surface area contributed by atoms with Crippen molar-refractivity contribution in [3.8, 4) is 0 Å². The van der Waals surface area contributed by atoms with Crippen LogP contribution in [0.2, 0.25) is 0 Å². The predicted octanol–water partition coefficient (Wildman–Crippen LogP) is 1.98. The van der Waals surface area contributed by atoms with Gasteiger partial charge in [-0.15, -0.1) is 11.3 Å². The number of aromatic nitrogens is 3. The zero-order chi connectivity index (χ0) is 15.5. The molecule has 0 aromatic carbocycles. The number of anilines is 1. The summed E-state index contributed by atoms with van der Waals surface area (Å²) in [4.78, 5) is 29.0. The number of aryl methyl sites for hydroxylation is 1. The summed E-state index contributed by atoms with van der Waals surface area (Å²) in [6.45, 7) is 3.44. The number of likely N-dealkylation sites (tertiary alicyclic amines) is 1. The van der Waals surface area contributed by atoms with E-state index in [0.29, 0.717) is 11.7 Å². The number of piperidine rings is 1. The number of carbonyl (C=O) groups excluding carboxylic acids is 1. The molecular formula is C15H19N5OS. The van der Waals surface area contributed by atoms with Crippen LogP contribution in [0.4, 0.5) is 5.82 Å². The minimum absolute atomic E-state index is 0.0486. The van der Waals surface area contributed by atoms with Crippen molar-refractivity contribution >= 4 is 23.1 Å². The molecule has 0 N–H and O–H groups in total. The van der Waals surface area contributed by atoms with Crippen LogP contribution in [-0.4, -0.2) is 51.9 Å². The van der Waals surface area contributed by atoms with E-state index in [2.05, 4.69) is 19.9 Å². The fourth-order valence-corrected chi connectivity index (χ4v) is 3.35. The molecule has 3 rings (SSSR count). The van der Waals surface area contributed by atoms with E-state index >= 15 is 0 Å². The van der Waals surface area contributed by atoms with Gasteiger partial charge in [0.2, 0.25) is 0 Å². The van der Waals surface area contributed by atoms with Crippen LogP contribution in [0.1, 0.15) is 28.3 Å². The van der Waals surface area contributed by atoms with Crippen LogP contribution in [0.3, 0.4) is 0 Å². The van der Waals surface area contributed by atoms with Crippen LogP contribution >= 0.6 is 11.3 Å². The number of carbonyl (C=O) groups is 1. The van der Waals surface area contributed by atoms with Gasteiger partial charge in [-0.3, -0.25) is 4.79 Å². The van der Waals surface area contributed by atoms with Crippen LogP contribution in [0.15, 0.2) is 24.0 Å². The largest absolute Gasteiger partial charge is 0.356 e. The topological polar surface area (TPSA) is 62.2 Å². The first kappa shape index (κ1) is 14.9. The number of thiazole rings is 1. The van der Waals surface area contributed by atoms with Crippen LogP contribution < -0.4 is 4.90 Å². The van der Waals surface area contributed by atoms with Crippen molar-refractivity contribution in [1.29, 1.82) is 0 Å². The Morgan fingerprint density at radius 3 is 2.77 bits per heavy atom. The highest BCUT2D eigenvalue weighted by atomic mass is 32.1. The Bertz CT molecular complexity index is 636. The maximum Gasteiger partial charge on any atom is 0.273 e. The molecule has 1 amide bonds. The van der Waals surface area contributed by atoms with Gasteiger partial charge in [-0.2, -0.15) is 0 Å². The Balaban J connectivity index is 1.59. The predicted molar refractivity (Wildman–Crippen MR) is 86.2 cm³/mol. The standard InChI is InChI=1S/C15H19N5OS/c1-11-18-13(9-22-11)15(21)20-7-4-12(5-8-20)19(2)14-3-6-16-10-17-14/h3,6,9-10,12H,4-5,7-8H2,1-2H3. The van der Waals surface area contributed by atoms with Gasteiger partial charge in [-0.05, 0) is 25.8 Å². The van der Waals surface area contributed by atoms with E-state index in [-0.39, 0.29) is 5.91 Å². The van der Waals surface area contributed by atoms with Crippen molar-refractivity contribution in [2.75, 3.05) is 25.0 Å². The average molecular weight is 317 g/mol. The highest BCUT2D eigenvalue weighted by Crippen LogP contribution is 2.21. The second kappa shape index (κ2) is 6.39. The normalized spacial score (nSPS) is 15.8. The van der Waals surface area contributed by atoms with Crippen LogP contribution in [-0.2, 0) is 0 Å². The first-order valence-corrected chi connectivity index (χ1v) is 8.23. The molecule has 1 fully saturated rings. The second-order valence-electron chi connectivity index (χ2n) is 5.45. The van der Waals surface area contributed by atoms with E-state index in [1.165, 1.54) is 11.3 Å². The first-order chi connectivity index (χ1) is 10.6. The monoisotopic (exact) mass is 317 g/mol. The molecule has 3 heterocycles. The van der Waals surface area contributed by atoms with Crippen molar-refractivity contribution in [2.24, 2.45) is 0 Å². The number of amides is 1. The number of nitrogens with zero attached hydrogens (tertiary/aromatic N) is 5. The number of hydrogen-bond acceptors (Lipinski definition) is 6. The molecule has 1 saturated heterocycles. The van der Waals surface area contributed by atoms with E-state index in [1.54, 1.807) is 12.5 Å².